The van der Waals surface area contributed by atoms with E-state index >= 15 is 0 Å². The number of rotatable bonds is 3. The van der Waals surface area contributed by atoms with Gasteiger partial charge in [0.25, 0.3) is 0 Å². The van der Waals surface area contributed by atoms with Crippen LogP contribution in [-0.4, -0.2) is 43.7 Å². The van der Waals surface area contributed by atoms with Gasteiger partial charge in [-0.05, 0) is 38.1 Å². The Labute approximate surface area is 91.0 Å². The summed E-state index contributed by atoms with van der Waals surface area (Å²) in [6, 6.07) is 0.146. The predicted molar refractivity (Wildman–Crippen MR) is 58.4 cm³/mol. The molecular formula is C10H19NO3S. The first-order chi connectivity index (χ1) is 7.05. The molecule has 1 saturated carbocycles. The second-order valence-electron chi connectivity index (χ2n) is 4.84. The van der Waals surface area contributed by atoms with Gasteiger partial charge in [0.05, 0.1) is 17.6 Å². The summed E-state index contributed by atoms with van der Waals surface area (Å²) in [6.45, 7) is 0.858. The molecule has 5 heteroatoms. The van der Waals surface area contributed by atoms with Gasteiger partial charge in [0.1, 0.15) is 0 Å². The van der Waals surface area contributed by atoms with Gasteiger partial charge in [0, 0.05) is 6.04 Å². The molecule has 0 radical (unpaired) electrons. The van der Waals surface area contributed by atoms with Gasteiger partial charge in [-0.25, -0.2) is 8.42 Å². The maximum atomic E-state index is 11.2. The Morgan fingerprint density at radius 3 is 2.60 bits per heavy atom. The second-order valence-corrected chi connectivity index (χ2v) is 7.07. The van der Waals surface area contributed by atoms with E-state index in [1.807, 2.05) is 0 Å². The third-order valence-corrected chi connectivity index (χ3v) is 5.21. The predicted octanol–water partition coefficient (Wildman–Crippen LogP) is -0.0759. The molecule has 1 aliphatic carbocycles. The fourth-order valence-electron chi connectivity index (χ4n) is 2.52. The Bertz CT molecular complexity index is 315. The molecule has 0 amide bonds. The van der Waals surface area contributed by atoms with Crippen LogP contribution in [0.2, 0.25) is 0 Å². The normalized spacial score (nSPS) is 39.7. The molecular weight excluding hydrogens is 214 g/mol. The smallest absolute Gasteiger partial charge is 0.151 e. The van der Waals surface area contributed by atoms with E-state index in [1.54, 1.807) is 0 Å². The Morgan fingerprint density at radius 1 is 1.27 bits per heavy atom. The fraction of sp³-hybridized carbons (Fsp3) is 1.00. The second kappa shape index (κ2) is 4.39. The molecule has 2 fully saturated rings. The molecule has 2 aliphatic rings. The number of hydrogen-bond acceptors (Lipinski definition) is 4. The first-order valence-corrected chi connectivity index (χ1v) is 7.49. The van der Waals surface area contributed by atoms with Crippen LogP contribution in [0.5, 0.6) is 0 Å². The lowest BCUT2D eigenvalue weighted by molar-refractivity contribution is 0.177. The topological polar surface area (TPSA) is 66.4 Å². The van der Waals surface area contributed by atoms with Crippen molar-refractivity contribution in [3.63, 3.8) is 0 Å². The van der Waals surface area contributed by atoms with Crippen LogP contribution in [0, 0.1) is 5.92 Å². The minimum atomic E-state index is -2.76. The van der Waals surface area contributed by atoms with Crippen molar-refractivity contribution in [2.75, 3.05) is 18.1 Å². The quantitative estimate of drug-likeness (QED) is 0.716. The zero-order chi connectivity index (χ0) is 10.9. The highest BCUT2D eigenvalue weighted by molar-refractivity contribution is 7.91. The molecule has 0 bridgehead atoms. The van der Waals surface area contributed by atoms with E-state index in [-0.39, 0.29) is 12.1 Å². The van der Waals surface area contributed by atoms with Gasteiger partial charge < -0.3 is 10.4 Å². The molecule has 1 aliphatic heterocycles. The van der Waals surface area contributed by atoms with Gasteiger partial charge in [-0.15, -0.1) is 0 Å². The van der Waals surface area contributed by atoms with Crippen LogP contribution in [0.4, 0.5) is 0 Å². The van der Waals surface area contributed by atoms with Crippen molar-refractivity contribution in [1.82, 2.24) is 5.32 Å². The molecule has 3 atom stereocenters. The lowest BCUT2D eigenvalue weighted by Gasteiger charge is -2.14. The van der Waals surface area contributed by atoms with Crippen LogP contribution in [0.1, 0.15) is 25.7 Å². The SMILES string of the molecule is O=S1(=O)CCC(NCC2CCC(O)C2)C1. The van der Waals surface area contributed by atoms with Crippen LogP contribution in [-0.2, 0) is 9.84 Å². The Balaban J connectivity index is 1.71. The van der Waals surface area contributed by atoms with Crippen molar-refractivity contribution in [2.24, 2.45) is 5.92 Å². The van der Waals surface area contributed by atoms with E-state index in [4.69, 9.17) is 0 Å². The summed E-state index contributed by atoms with van der Waals surface area (Å²) in [6.07, 6.45) is 3.44. The molecule has 3 unspecified atom stereocenters. The molecule has 88 valence electrons. The van der Waals surface area contributed by atoms with Crippen molar-refractivity contribution >= 4 is 9.84 Å². The molecule has 2 rings (SSSR count). The molecule has 0 aromatic rings. The van der Waals surface area contributed by atoms with Gasteiger partial charge in [-0.1, -0.05) is 0 Å². The zero-order valence-corrected chi connectivity index (χ0v) is 9.67. The third-order valence-electron chi connectivity index (χ3n) is 3.44. The van der Waals surface area contributed by atoms with Crippen molar-refractivity contribution in [2.45, 2.75) is 37.8 Å². The lowest BCUT2D eigenvalue weighted by atomic mass is 10.1. The average molecular weight is 233 g/mol. The maximum absolute atomic E-state index is 11.2. The molecule has 1 saturated heterocycles. The van der Waals surface area contributed by atoms with Crippen LogP contribution >= 0.6 is 0 Å². The van der Waals surface area contributed by atoms with Crippen molar-refractivity contribution < 1.29 is 13.5 Å². The fourth-order valence-corrected chi connectivity index (χ4v) is 4.23. The van der Waals surface area contributed by atoms with Crippen LogP contribution in [0.3, 0.4) is 0 Å². The van der Waals surface area contributed by atoms with Gasteiger partial charge in [-0.2, -0.15) is 0 Å². The molecule has 0 aromatic heterocycles. The molecule has 0 aromatic carbocycles. The monoisotopic (exact) mass is 233 g/mol. The summed E-state index contributed by atoms with van der Waals surface area (Å²) in [5, 5.41) is 12.7. The highest BCUT2D eigenvalue weighted by Crippen LogP contribution is 2.25. The van der Waals surface area contributed by atoms with Gasteiger partial charge >= 0.3 is 0 Å². The molecule has 2 N–H and O–H groups in total. The first kappa shape index (κ1) is 11.4. The summed E-state index contributed by atoms with van der Waals surface area (Å²) in [5.41, 5.74) is 0. The lowest BCUT2D eigenvalue weighted by Crippen LogP contribution is -2.33. The maximum Gasteiger partial charge on any atom is 0.151 e. The van der Waals surface area contributed by atoms with Gasteiger partial charge in [-0.3, -0.25) is 0 Å². The minimum Gasteiger partial charge on any atom is -0.393 e. The Morgan fingerprint density at radius 2 is 2.07 bits per heavy atom. The number of nitrogens with one attached hydrogen (secondary N) is 1. The third kappa shape index (κ3) is 3.16. The molecule has 4 nitrogen and oxygen atoms in total. The largest absolute Gasteiger partial charge is 0.393 e. The van der Waals surface area contributed by atoms with Crippen LogP contribution < -0.4 is 5.32 Å². The van der Waals surface area contributed by atoms with E-state index in [2.05, 4.69) is 5.32 Å². The van der Waals surface area contributed by atoms with Gasteiger partial charge in [0.2, 0.25) is 0 Å². The van der Waals surface area contributed by atoms with Gasteiger partial charge in [0.15, 0.2) is 9.84 Å². The Hall–Kier alpha value is -0.130. The summed E-state index contributed by atoms with van der Waals surface area (Å²) >= 11 is 0. The summed E-state index contributed by atoms with van der Waals surface area (Å²) in [5.74, 6) is 1.16. The number of hydrogen-bond donors (Lipinski definition) is 2. The molecule has 1 heterocycles. The number of aliphatic hydroxyl groups is 1. The molecule has 0 spiro atoms. The van der Waals surface area contributed by atoms with Crippen molar-refractivity contribution in [3.05, 3.63) is 0 Å². The van der Waals surface area contributed by atoms with Crippen molar-refractivity contribution in [1.29, 1.82) is 0 Å². The summed E-state index contributed by atoms with van der Waals surface area (Å²) in [7, 11) is -2.76. The Kier molecular flexibility index (Phi) is 3.33. The van der Waals surface area contributed by atoms with E-state index < -0.39 is 9.84 Å². The molecule has 15 heavy (non-hydrogen) atoms. The highest BCUT2D eigenvalue weighted by Gasteiger charge is 2.29. The van der Waals surface area contributed by atoms with Crippen LogP contribution in [0.15, 0.2) is 0 Å². The van der Waals surface area contributed by atoms with E-state index in [0.29, 0.717) is 17.4 Å². The van der Waals surface area contributed by atoms with E-state index in [1.165, 1.54) is 0 Å². The van der Waals surface area contributed by atoms with Crippen LogP contribution in [0.25, 0.3) is 0 Å². The highest BCUT2D eigenvalue weighted by atomic mass is 32.2. The first-order valence-electron chi connectivity index (χ1n) is 5.67. The van der Waals surface area contributed by atoms with E-state index in [9.17, 15) is 13.5 Å². The zero-order valence-electron chi connectivity index (χ0n) is 8.85. The van der Waals surface area contributed by atoms with Crippen molar-refractivity contribution in [3.8, 4) is 0 Å². The average Bonchev–Trinajstić information content (AvgIpc) is 2.69. The van der Waals surface area contributed by atoms with E-state index in [0.717, 1.165) is 32.2 Å². The minimum absolute atomic E-state index is 0.135. The summed E-state index contributed by atoms with van der Waals surface area (Å²) < 4.78 is 22.4. The number of sulfone groups is 1. The summed E-state index contributed by atoms with van der Waals surface area (Å²) in [4.78, 5) is 0. The standard InChI is InChI=1S/C10H19NO3S/c12-10-2-1-8(5-10)6-11-9-3-4-15(13,14)7-9/h8-12H,1-7H2. The number of aliphatic hydroxyl groups excluding tert-OH is 1.